The number of morpholine rings is 1. The smallest absolute Gasteiger partial charge is 0.236 e. The van der Waals surface area contributed by atoms with Crippen LogP contribution in [0.1, 0.15) is 18.6 Å². The molecule has 1 heterocycles. The third-order valence-corrected chi connectivity index (χ3v) is 4.04. The summed E-state index contributed by atoms with van der Waals surface area (Å²) in [5, 5.41) is 10.4. The van der Waals surface area contributed by atoms with Crippen LogP contribution >= 0.6 is 0 Å². The van der Waals surface area contributed by atoms with Crippen molar-refractivity contribution in [1.29, 1.82) is 0 Å². The zero-order valence-corrected chi connectivity index (χ0v) is 12.7. The Morgan fingerprint density at radius 1 is 1.33 bits per heavy atom. The summed E-state index contributed by atoms with van der Waals surface area (Å²) in [4.78, 5) is 15.9. The van der Waals surface area contributed by atoms with E-state index in [4.69, 9.17) is 4.74 Å². The quantitative estimate of drug-likeness (QED) is 0.876. The molecule has 2 rings (SSSR count). The Morgan fingerprint density at radius 3 is 2.57 bits per heavy atom. The summed E-state index contributed by atoms with van der Waals surface area (Å²) >= 11 is 0. The Kier molecular flexibility index (Phi) is 5.73. The Hall–Kier alpha value is -1.43. The highest BCUT2D eigenvalue weighted by molar-refractivity contribution is 5.78. The average molecular weight is 292 g/mol. The van der Waals surface area contributed by atoms with Gasteiger partial charge in [0.2, 0.25) is 5.91 Å². The lowest BCUT2D eigenvalue weighted by atomic mass is 10.0. The molecule has 5 nitrogen and oxygen atoms in total. The molecule has 1 amide bonds. The number of nitrogens with zero attached hydrogens (tertiary/aromatic N) is 2. The van der Waals surface area contributed by atoms with E-state index in [-0.39, 0.29) is 11.9 Å². The van der Waals surface area contributed by atoms with Gasteiger partial charge in [-0.05, 0) is 19.5 Å². The Bertz CT molecular complexity index is 446. The van der Waals surface area contributed by atoms with E-state index in [2.05, 4.69) is 0 Å². The molecule has 0 aromatic heterocycles. The first-order chi connectivity index (χ1) is 10.1. The van der Waals surface area contributed by atoms with Crippen molar-refractivity contribution in [2.24, 2.45) is 0 Å². The lowest BCUT2D eigenvalue weighted by Crippen LogP contribution is -2.47. The number of rotatable bonds is 5. The maximum atomic E-state index is 12.2. The standard InChI is InChI=1S/C16H24N2O3/c1-13(16(20)14-6-4-3-5-7-14)17(2)12-15(19)18-8-10-21-11-9-18/h3-7,13,16,20H,8-12H2,1-2H3/t13-,16-/m0/s1. The van der Waals surface area contributed by atoms with Crippen LogP contribution in [0.25, 0.3) is 0 Å². The molecule has 0 radical (unpaired) electrons. The van der Waals surface area contributed by atoms with Crippen LogP contribution in [-0.2, 0) is 9.53 Å². The first-order valence-electron chi connectivity index (χ1n) is 7.38. The Labute approximate surface area is 126 Å². The number of ether oxygens (including phenoxy) is 1. The maximum absolute atomic E-state index is 12.2. The highest BCUT2D eigenvalue weighted by atomic mass is 16.5. The molecule has 0 unspecified atom stereocenters. The topological polar surface area (TPSA) is 53.0 Å². The third-order valence-electron chi connectivity index (χ3n) is 4.04. The van der Waals surface area contributed by atoms with Crippen LogP contribution < -0.4 is 0 Å². The normalized spacial score (nSPS) is 18.6. The summed E-state index contributed by atoms with van der Waals surface area (Å²) in [6.07, 6.45) is -0.603. The van der Waals surface area contributed by atoms with Crippen LogP contribution in [0.2, 0.25) is 0 Å². The number of carbonyl (C=O) groups is 1. The number of hydrogen-bond donors (Lipinski definition) is 1. The summed E-state index contributed by atoms with van der Waals surface area (Å²) in [7, 11) is 1.87. The number of amides is 1. The number of benzene rings is 1. The molecular weight excluding hydrogens is 268 g/mol. The first-order valence-corrected chi connectivity index (χ1v) is 7.38. The summed E-state index contributed by atoms with van der Waals surface area (Å²) in [5.41, 5.74) is 0.871. The van der Waals surface area contributed by atoms with Gasteiger partial charge in [0.1, 0.15) is 0 Å². The molecule has 1 aromatic carbocycles. The molecule has 1 aromatic rings. The van der Waals surface area contributed by atoms with Gasteiger partial charge in [-0.3, -0.25) is 9.69 Å². The summed E-state index contributed by atoms with van der Waals surface area (Å²) in [5.74, 6) is 0.0907. The van der Waals surface area contributed by atoms with Crippen LogP contribution in [0, 0.1) is 0 Å². The summed E-state index contributed by atoms with van der Waals surface area (Å²) in [6.45, 7) is 4.77. The van der Waals surface area contributed by atoms with Gasteiger partial charge in [-0.15, -0.1) is 0 Å². The molecule has 116 valence electrons. The van der Waals surface area contributed by atoms with Crippen molar-refractivity contribution in [2.45, 2.75) is 19.1 Å². The van der Waals surface area contributed by atoms with Gasteiger partial charge in [0.25, 0.3) is 0 Å². The van der Waals surface area contributed by atoms with Crippen LogP contribution in [-0.4, -0.2) is 66.8 Å². The van der Waals surface area contributed by atoms with Gasteiger partial charge in [-0.2, -0.15) is 0 Å². The average Bonchev–Trinajstić information content (AvgIpc) is 2.55. The molecule has 0 saturated carbocycles. The lowest BCUT2D eigenvalue weighted by Gasteiger charge is -2.32. The van der Waals surface area contributed by atoms with E-state index in [9.17, 15) is 9.90 Å². The van der Waals surface area contributed by atoms with Crippen LogP contribution in [0.4, 0.5) is 0 Å². The molecule has 0 aliphatic carbocycles. The zero-order chi connectivity index (χ0) is 15.2. The third kappa shape index (κ3) is 4.27. The van der Waals surface area contributed by atoms with Crippen molar-refractivity contribution in [1.82, 2.24) is 9.80 Å². The fourth-order valence-electron chi connectivity index (χ4n) is 2.44. The monoisotopic (exact) mass is 292 g/mol. The van der Waals surface area contributed by atoms with Gasteiger partial charge in [0.05, 0.1) is 25.9 Å². The zero-order valence-electron chi connectivity index (χ0n) is 12.7. The van der Waals surface area contributed by atoms with Crippen molar-refractivity contribution < 1.29 is 14.6 Å². The highest BCUT2D eigenvalue weighted by Crippen LogP contribution is 2.19. The molecule has 0 spiro atoms. The number of likely N-dealkylation sites (N-methyl/N-ethyl adjacent to an activating group) is 1. The number of carbonyl (C=O) groups excluding carboxylic acids is 1. The summed E-state index contributed by atoms with van der Waals surface area (Å²) < 4.78 is 5.25. The predicted octanol–water partition coefficient (Wildman–Crippen LogP) is 0.899. The molecule has 5 heteroatoms. The minimum Gasteiger partial charge on any atom is -0.387 e. The van der Waals surface area contributed by atoms with Gasteiger partial charge in [0.15, 0.2) is 0 Å². The molecule has 1 fully saturated rings. The molecule has 1 N–H and O–H groups in total. The maximum Gasteiger partial charge on any atom is 0.236 e. The van der Waals surface area contributed by atoms with Crippen molar-refractivity contribution in [3.63, 3.8) is 0 Å². The lowest BCUT2D eigenvalue weighted by molar-refractivity contribution is -0.137. The molecule has 1 aliphatic rings. The molecular formula is C16H24N2O3. The van der Waals surface area contributed by atoms with E-state index in [1.165, 1.54) is 0 Å². The number of aliphatic hydroxyl groups excluding tert-OH is 1. The van der Waals surface area contributed by atoms with E-state index in [0.717, 1.165) is 5.56 Å². The highest BCUT2D eigenvalue weighted by Gasteiger charge is 2.24. The fourth-order valence-corrected chi connectivity index (χ4v) is 2.44. The second-order valence-corrected chi connectivity index (χ2v) is 5.50. The number of aliphatic hydroxyl groups is 1. The minimum absolute atomic E-state index is 0.0907. The predicted molar refractivity (Wildman–Crippen MR) is 80.9 cm³/mol. The van der Waals surface area contributed by atoms with E-state index in [0.29, 0.717) is 32.8 Å². The Morgan fingerprint density at radius 2 is 1.95 bits per heavy atom. The largest absolute Gasteiger partial charge is 0.387 e. The van der Waals surface area contributed by atoms with Crippen molar-refractivity contribution in [3.05, 3.63) is 35.9 Å². The van der Waals surface area contributed by atoms with Gasteiger partial charge in [-0.25, -0.2) is 0 Å². The molecule has 21 heavy (non-hydrogen) atoms. The van der Waals surface area contributed by atoms with Crippen molar-refractivity contribution >= 4 is 5.91 Å². The second kappa shape index (κ2) is 7.54. The van der Waals surface area contributed by atoms with Gasteiger partial charge in [-0.1, -0.05) is 30.3 Å². The second-order valence-electron chi connectivity index (χ2n) is 5.50. The Balaban J connectivity index is 1.89. The SMILES string of the molecule is C[C@@H]([C@H](O)c1ccccc1)N(C)CC(=O)N1CCOCC1. The summed E-state index contributed by atoms with van der Waals surface area (Å²) in [6, 6.07) is 9.41. The van der Waals surface area contributed by atoms with Gasteiger partial charge < -0.3 is 14.7 Å². The van der Waals surface area contributed by atoms with Gasteiger partial charge in [0, 0.05) is 19.1 Å². The number of hydrogen-bond acceptors (Lipinski definition) is 4. The van der Waals surface area contributed by atoms with Crippen molar-refractivity contribution in [2.75, 3.05) is 39.9 Å². The molecule has 0 bridgehead atoms. The molecule has 1 aliphatic heterocycles. The van der Waals surface area contributed by atoms with E-state index >= 15 is 0 Å². The first kappa shape index (κ1) is 15.9. The van der Waals surface area contributed by atoms with E-state index < -0.39 is 6.10 Å². The van der Waals surface area contributed by atoms with Crippen LogP contribution in [0.3, 0.4) is 0 Å². The van der Waals surface area contributed by atoms with E-state index in [1.54, 1.807) is 0 Å². The molecule has 2 atom stereocenters. The minimum atomic E-state index is -0.603. The van der Waals surface area contributed by atoms with E-state index in [1.807, 2.05) is 54.1 Å². The van der Waals surface area contributed by atoms with Crippen LogP contribution in [0.15, 0.2) is 30.3 Å². The van der Waals surface area contributed by atoms with Crippen LogP contribution in [0.5, 0.6) is 0 Å². The van der Waals surface area contributed by atoms with Crippen molar-refractivity contribution in [3.8, 4) is 0 Å². The van der Waals surface area contributed by atoms with Gasteiger partial charge >= 0.3 is 0 Å². The fraction of sp³-hybridized carbons (Fsp3) is 0.562. The molecule has 1 saturated heterocycles.